The molecule has 2 aromatic carbocycles. The number of hydrogen-bond acceptors (Lipinski definition) is 7. The fourth-order valence-corrected chi connectivity index (χ4v) is 7.18. The molecule has 4 aromatic rings. The van der Waals surface area contributed by atoms with Gasteiger partial charge in [-0.1, -0.05) is 29.5 Å². The first-order chi connectivity index (χ1) is 17.5. The van der Waals surface area contributed by atoms with Crippen LogP contribution in [0.4, 0.5) is 5.13 Å². The Labute approximate surface area is 219 Å². The van der Waals surface area contributed by atoms with Crippen molar-refractivity contribution < 1.29 is 13.2 Å². The van der Waals surface area contributed by atoms with E-state index >= 15 is 0 Å². The zero-order valence-electron chi connectivity index (χ0n) is 19.8. The molecular weight excluding hydrogens is 513 g/mol. The number of carbonyl (C=O) groups is 1. The van der Waals surface area contributed by atoms with Crippen LogP contribution in [0.15, 0.2) is 82.7 Å². The van der Waals surface area contributed by atoms with Crippen LogP contribution in [0, 0.1) is 5.92 Å². The van der Waals surface area contributed by atoms with E-state index in [2.05, 4.69) is 4.98 Å². The van der Waals surface area contributed by atoms with E-state index < -0.39 is 10.0 Å². The maximum Gasteiger partial charge on any atom is 0.243 e. The number of para-hydroxylation sites is 1. The molecule has 0 bridgehead atoms. The van der Waals surface area contributed by atoms with Crippen molar-refractivity contribution in [3.8, 4) is 0 Å². The second kappa shape index (κ2) is 10.7. The van der Waals surface area contributed by atoms with Crippen molar-refractivity contribution in [1.82, 2.24) is 14.3 Å². The number of rotatable bonds is 7. The summed E-state index contributed by atoms with van der Waals surface area (Å²) in [5.74, 6) is -0.327. The van der Waals surface area contributed by atoms with E-state index in [0.717, 1.165) is 20.8 Å². The van der Waals surface area contributed by atoms with Crippen LogP contribution < -0.4 is 4.90 Å². The van der Waals surface area contributed by atoms with Gasteiger partial charge in [0.1, 0.15) is 0 Å². The van der Waals surface area contributed by atoms with Crippen LogP contribution in [0.1, 0.15) is 18.5 Å². The van der Waals surface area contributed by atoms with E-state index in [1.165, 1.54) is 15.6 Å². The molecule has 0 spiro atoms. The van der Waals surface area contributed by atoms with Gasteiger partial charge in [-0.15, -0.1) is 11.8 Å². The lowest BCUT2D eigenvalue weighted by atomic mass is 9.96. The Kier molecular flexibility index (Phi) is 7.38. The fraction of sp³-hybridized carbons (Fsp3) is 0.269. The normalized spacial score (nSPS) is 15.2. The molecule has 186 valence electrons. The number of thioether (sulfide) groups is 1. The fourth-order valence-electron chi connectivity index (χ4n) is 4.33. The molecule has 7 nitrogen and oxygen atoms in total. The number of thiazole rings is 1. The first-order valence-electron chi connectivity index (χ1n) is 11.7. The van der Waals surface area contributed by atoms with Crippen molar-refractivity contribution in [2.75, 3.05) is 24.2 Å². The smallest absolute Gasteiger partial charge is 0.243 e. The predicted octanol–water partition coefficient (Wildman–Crippen LogP) is 5.05. The van der Waals surface area contributed by atoms with Crippen LogP contribution in [-0.4, -0.2) is 47.9 Å². The molecule has 3 heterocycles. The van der Waals surface area contributed by atoms with Gasteiger partial charge in [0.25, 0.3) is 0 Å². The second-order valence-corrected chi connectivity index (χ2v) is 12.4. The molecule has 0 atom stereocenters. The zero-order valence-corrected chi connectivity index (χ0v) is 22.2. The van der Waals surface area contributed by atoms with Crippen molar-refractivity contribution in [3.63, 3.8) is 0 Å². The largest absolute Gasteiger partial charge is 0.282 e. The Morgan fingerprint density at radius 2 is 1.78 bits per heavy atom. The number of nitrogens with zero attached hydrogens (tertiary/aromatic N) is 4. The topological polar surface area (TPSA) is 83.5 Å². The minimum absolute atomic E-state index is 0.0407. The molecule has 1 saturated heterocycles. The highest BCUT2D eigenvalue weighted by molar-refractivity contribution is 7.98. The summed E-state index contributed by atoms with van der Waals surface area (Å²) in [4.78, 5) is 25.9. The minimum atomic E-state index is -3.60. The molecule has 36 heavy (non-hydrogen) atoms. The molecule has 0 radical (unpaired) electrons. The number of amides is 1. The van der Waals surface area contributed by atoms with E-state index in [1.54, 1.807) is 35.0 Å². The third-order valence-corrected chi connectivity index (χ3v) is 10.0. The number of carbonyl (C=O) groups excluding carboxylic acids is 1. The average Bonchev–Trinajstić information content (AvgIpc) is 3.36. The molecule has 10 heteroatoms. The molecule has 1 aliphatic rings. The van der Waals surface area contributed by atoms with Gasteiger partial charge in [-0.25, -0.2) is 13.4 Å². The molecule has 0 N–H and O–H groups in total. The third-order valence-electron chi connectivity index (χ3n) is 6.33. The summed E-state index contributed by atoms with van der Waals surface area (Å²) in [5, 5.41) is 0.635. The van der Waals surface area contributed by atoms with Gasteiger partial charge in [0.15, 0.2) is 5.13 Å². The van der Waals surface area contributed by atoms with E-state index in [4.69, 9.17) is 4.98 Å². The van der Waals surface area contributed by atoms with Crippen LogP contribution in [0.3, 0.4) is 0 Å². The van der Waals surface area contributed by atoms with E-state index in [-0.39, 0.29) is 16.7 Å². The van der Waals surface area contributed by atoms with Crippen LogP contribution in [0.2, 0.25) is 0 Å². The molecule has 0 unspecified atom stereocenters. The number of benzene rings is 2. The van der Waals surface area contributed by atoms with Gasteiger partial charge in [0.05, 0.1) is 27.4 Å². The van der Waals surface area contributed by atoms with Crippen LogP contribution >= 0.6 is 23.1 Å². The predicted molar refractivity (Wildman–Crippen MR) is 145 cm³/mol. The lowest BCUT2D eigenvalue weighted by molar-refractivity contribution is -0.123. The van der Waals surface area contributed by atoms with Crippen molar-refractivity contribution >= 4 is 54.4 Å². The molecule has 1 aliphatic heterocycles. The first kappa shape index (κ1) is 24.9. The molecule has 0 saturated carbocycles. The summed E-state index contributed by atoms with van der Waals surface area (Å²) < 4.78 is 28.8. The number of anilines is 1. The van der Waals surface area contributed by atoms with Gasteiger partial charge in [-0.05, 0) is 67.6 Å². The van der Waals surface area contributed by atoms with Gasteiger partial charge < -0.3 is 0 Å². The number of pyridine rings is 1. The Hall–Kier alpha value is -2.79. The molecule has 2 aromatic heterocycles. The summed E-state index contributed by atoms with van der Waals surface area (Å²) in [5.41, 5.74) is 1.63. The quantitative estimate of drug-likeness (QED) is 0.306. The van der Waals surface area contributed by atoms with E-state index in [0.29, 0.717) is 37.6 Å². The summed E-state index contributed by atoms with van der Waals surface area (Å²) in [6.07, 6.45) is 4.59. The Bertz CT molecular complexity index is 1420. The van der Waals surface area contributed by atoms with Crippen LogP contribution in [0.5, 0.6) is 0 Å². The maximum atomic E-state index is 13.8. The third kappa shape index (κ3) is 5.17. The highest BCUT2D eigenvalue weighted by Crippen LogP contribution is 2.33. The molecule has 1 fully saturated rings. The van der Waals surface area contributed by atoms with Crippen molar-refractivity contribution in [2.24, 2.45) is 5.92 Å². The summed E-state index contributed by atoms with van der Waals surface area (Å²) >= 11 is 3.05. The molecular formula is C26H26N4O3S3. The molecule has 1 amide bonds. The zero-order chi connectivity index (χ0) is 25.1. The molecule has 0 aliphatic carbocycles. The number of sulfonamides is 1. The van der Waals surface area contributed by atoms with Gasteiger partial charge in [0.2, 0.25) is 15.9 Å². The highest BCUT2D eigenvalue weighted by atomic mass is 32.2. The molecule has 5 rings (SSSR count). The summed E-state index contributed by atoms with van der Waals surface area (Å²) in [7, 11) is -3.60. The van der Waals surface area contributed by atoms with Gasteiger partial charge in [-0.2, -0.15) is 4.31 Å². The van der Waals surface area contributed by atoms with E-state index in [9.17, 15) is 13.2 Å². The maximum absolute atomic E-state index is 13.8. The lowest BCUT2D eigenvalue weighted by Gasteiger charge is -2.33. The summed E-state index contributed by atoms with van der Waals surface area (Å²) in [6.45, 7) is 0.931. The highest BCUT2D eigenvalue weighted by Gasteiger charge is 2.35. The Balaban J connectivity index is 1.34. The first-order valence-corrected chi connectivity index (χ1v) is 15.1. The monoisotopic (exact) mass is 538 g/mol. The van der Waals surface area contributed by atoms with Crippen molar-refractivity contribution in [3.05, 3.63) is 78.6 Å². The minimum Gasteiger partial charge on any atom is -0.282 e. The van der Waals surface area contributed by atoms with E-state index in [1.807, 2.05) is 60.9 Å². The number of piperidine rings is 1. The standard InChI is InChI=1S/C26H26N4O3S3/c1-34-21-9-11-22(12-10-21)36(32,33)29-16-13-19(14-17-29)25(31)30(18-20-6-4-5-15-27-20)26-28-23-7-2-3-8-24(23)35-26/h2-12,15,19H,13-14,16-18H2,1H3. The van der Waals surface area contributed by atoms with Gasteiger partial charge >= 0.3 is 0 Å². The number of fused-ring (bicyclic) bond motifs is 1. The van der Waals surface area contributed by atoms with Crippen LogP contribution in [0.25, 0.3) is 10.2 Å². The van der Waals surface area contributed by atoms with Gasteiger partial charge in [0, 0.05) is 30.1 Å². The lowest BCUT2D eigenvalue weighted by Crippen LogP contribution is -2.44. The SMILES string of the molecule is CSc1ccc(S(=O)(=O)N2CCC(C(=O)N(Cc3ccccn3)c3nc4ccccc4s3)CC2)cc1. The average molecular weight is 539 g/mol. The number of aromatic nitrogens is 2. The van der Waals surface area contributed by atoms with Crippen LogP contribution in [-0.2, 0) is 21.4 Å². The number of hydrogen-bond donors (Lipinski definition) is 0. The summed E-state index contributed by atoms with van der Waals surface area (Å²) in [6, 6.07) is 20.4. The van der Waals surface area contributed by atoms with Crippen molar-refractivity contribution in [2.45, 2.75) is 29.2 Å². The van der Waals surface area contributed by atoms with Crippen molar-refractivity contribution in [1.29, 1.82) is 0 Å². The van der Waals surface area contributed by atoms with Gasteiger partial charge in [-0.3, -0.25) is 14.7 Å². The Morgan fingerprint density at radius 1 is 1.06 bits per heavy atom. The second-order valence-electron chi connectivity index (χ2n) is 8.56. The Morgan fingerprint density at radius 3 is 2.44 bits per heavy atom.